The largest absolute Gasteiger partial charge is 0.444 e. The molecule has 0 radical (unpaired) electrons. The van der Waals surface area contributed by atoms with Crippen LogP contribution >= 0.6 is 15.9 Å². The number of nitrogens with one attached hydrogen (secondary N) is 2. The molecule has 1 aliphatic rings. The van der Waals surface area contributed by atoms with Gasteiger partial charge in [-0.1, -0.05) is 0 Å². The van der Waals surface area contributed by atoms with Crippen LogP contribution in [0.15, 0.2) is 16.7 Å². The highest BCUT2D eigenvalue weighted by Crippen LogP contribution is 2.16. The summed E-state index contributed by atoms with van der Waals surface area (Å²) in [7, 11) is 0. The molecule has 0 atom stereocenters. The zero-order valence-electron chi connectivity index (χ0n) is 13.1. The molecule has 1 aliphatic heterocycles. The summed E-state index contributed by atoms with van der Waals surface area (Å²) in [6.45, 7) is 6.74. The molecule has 2 N–H and O–H groups in total. The van der Waals surface area contributed by atoms with E-state index in [0.717, 1.165) is 17.3 Å². The number of rotatable bonds is 2. The minimum absolute atomic E-state index is 0.0771. The van der Waals surface area contributed by atoms with Gasteiger partial charge in [0.05, 0.1) is 0 Å². The Morgan fingerprint density at radius 3 is 2.50 bits per heavy atom. The number of ether oxygens (including phenoxy) is 1. The molecule has 1 saturated heterocycles. The SMILES string of the molecule is CC(C)(C)OC(=O)N1CCC(NC(=O)c2cc(Br)c[nH]2)CC1. The first-order chi connectivity index (χ1) is 10.2. The standard InChI is InChI=1S/C15H22BrN3O3/c1-15(2,3)22-14(21)19-6-4-11(5-7-19)18-13(20)12-8-10(16)9-17-12/h8-9,11,17H,4-7H2,1-3H3,(H,18,20). The second-order valence-corrected chi connectivity index (χ2v) is 7.36. The fourth-order valence-corrected chi connectivity index (χ4v) is 2.64. The third-order valence-electron chi connectivity index (χ3n) is 3.37. The molecule has 7 heteroatoms. The molecule has 6 nitrogen and oxygen atoms in total. The maximum absolute atomic E-state index is 12.1. The number of piperidine rings is 1. The third-order valence-corrected chi connectivity index (χ3v) is 3.83. The Labute approximate surface area is 138 Å². The van der Waals surface area contributed by atoms with Gasteiger partial charge in [-0.2, -0.15) is 0 Å². The summed E-state index contributed by atoms with van der Waals surface area (Å²) in [5, 5.41) is 2.99. The normalized spacial score (nSPS) is 16.5. The Balaban J connectivity index is 1.80. The van der Waals surface area contributed by atoms with E-state index < -0.39 is 5.60 Å². The van der Waals surface area contributed by atoms with Gasteiger partial charge in [0.15, 0.2) is 0 Å². The molecular weight excluding hydrogens is 350 g/mol. The van der Waals surface area contributed by atoms with Gasteiger partial charge in [0.1, 0.15) is 11.3 Å². The second kappa shape index (κ2) is 6.73. The van der Waals surface area contributed by atoms with Crippen LogP contribution in [0.4, 0.5) is 4.79 Å². The average Bonchev–Trinajstić information content (AvgIpc) is 2.84. The molecule has 0 bridgehead atoms. The Kier molecular flexibility index (Phi) is 5.16. The first-order valence-corrected chi connectivity index (χ1v) is 8.16. The molecular formula is C15H22BrN3O3. The molecule has 2 amide bonds. The van der Waals surface area contributed by atoms with E-state index in [1.807, 2.05) is 20.8 Å². The summed E-state index contributed by atoms with van der Waals surface area (Å²) < 4.78 is 6.20. The van der Waals surface area contributed by atoms with Crippen LogP contribution in [0, 0.1) is 0 Å². The molecule has 0 unspecified atom stereocenters. The number of hydrogen-bond donors (Lipinski definition) is 2. The van der Waals surface area contributed by atoms with Gasteiger partial charge in [-0.05, 0) is 55.6 Å². The van der Waals surface area contributed by atoms with Crippen molar-refractivity contribution in [3.63, 3.8) is 0 Å². The Morgan fingerprint density at radius 1 is 1.36 bits per heavy atom. The van der Waals surface area contributed by atoms with Crippen LogP contribution in [0.25, 0.3) is 0 Å². The van der Waals surface area contributed by atoms with Crippen LogP contribution in [-0.2, 0) is 4.74 Å². The van der Waals surface area contributed by atoms with Gasteiger partial charge < -0.3 is 19.9 Å². The molecule has 22 heavy (non-hydrogen) atoms. The Hall–Kier alpha value is -1.50. The number of nitrogens with zero attached hydrogens (tertiary/aromatic N) is 1. The highest BCUT2D eigenvalue weighted by molar-refractivity contribution is 9.10. The summed E-state index contributed by atoms with van der Waals surface area (Å²) in [5.74, 6) is -0.124. The lowest BCUT2D eigenvalue weighted by Crippen LogP contribution is -2.47. The summed E-state index contributed by atoms with van der Waals surface area (Å²) in [6.07, 6.45) is 2.89. The molecule has 1 aromatic rings. The first-order valence-electron chi connectivity index (χ1n) is 7.37. The predicted octanol–water partition coefficient (Wildman–Crippen LogP) is 2.91. The van der Waals surface area contributed by atoms with Gasteiger partial charge >= 0.3 is 6.09 Å². The topological polar surface area (TPSA) is 74.4 Å². The molecule has 122 valence electrons. The lowest BCUT2D eigenvalue weighted by molar-refractivity contribution is 0.0199. The zero-order valence-corrected chi connectivity index (χ0v) is 14.7. The van der Waals surface area contributed by atoms with Crippen molar-refractivity contribution >= 4 is 27.9 Å². The average molecular weight is 372 g/mol. The quantitative estimate of drug-likeness (QED) is 0.838. The van der Waals surface area contributed by atoms with Crippen molar-refractivity contribution < 1.29 is 14.3 Å². The van der Waals surface area contributed by atoms with Gasteiger partial charge in [0, 0.05) is 29.8 Å². The maximum Gasteiger partial charge on any atom is 0.410 e. The van der Waals surface area contributed by atoms with Crippen molar-refractivity contribution in [2.45, 2.75) is 45.3 Å². The van der Waals surface area contributed by atoms with Crippen molar-refractivity contribution in [1.29, 1.82) is 0 Å². The number of aromatic amines is 1. The predicted molar refractivity (Wildman–Crippen MR) is 86.8 cm³/mol. The number of carbonyl (C=O) groups is 2. The third kappa shape index (κ3) is 4.76. The van der Waals surface area contributed by atoms with E-state index in [1.54, 1.807) is 17.2 Å². The van der Waals surface area contributed by atoms with E-state index in [4.69, 9.17) is 4.74 Å². The second-order valence-electron chi connectivity index (χ2n) is 6.45. The van der Waals surface area contributed by atoms with Crippen LogP contribution in [0.2, 0.25) is 0 Å². The Bertz CT molecular complexity index is 542. The van der Waals surface area contributed by atoms with Crippen molar-refractivity contribution in [3.8, 4) is 0 Å². The molecule has 2 rings (SSSR count). The van der Waals surface area contributed by atoms with E-state index in [-0.39, 0.29) is 18.0 Å². The number of hydrogen-bond acceptors (Lipinski definition) is 3. The molecule has 0 spiro atoms. The summed E-state index contributed by atoms with van der Waals surface area (Å²) in [6, 6.07) is 1.82. The highest BCUT2D eigenvalue weighted by atomic mass is 79.9. The van der Waals surface area contributed by atoms with Crippen LogP contribution < -0.4 is 5.32 Å². The minimum Gasteiger partial charge on any atom is -0.444 e. The molecule has 0 saturated carbocycles. The number of halogens is 1. The van der Waals surface area contributed by atoms with Crippen LogP contribution in [0.1, 0.15) is 44.1 Å². The van der Waals surface area contributed by atoms with Crippen molar-refractivity contribution in [2.24, 2.45) is 0 Å². The molecule has 2 heterocycles. The number of H-pyrrole nitrogens is 1. The van der Waals surface area contributed by atoms with Crippen molar-refractivity contribution in [2.75, 3.05) is 13.1 Å². The van der Waals surface area contributed by atoms with Crippen molar-refractivity contribution in [3.05, 3.63) is 22.4 Å². The molecule has 0 aromatic carbocycles. The number of carbonyl (C=O) groups excluding carboxylic acids is 2. The summed E-state index contributed by atoms with van der Waals surface area (Å²) in [5.41, 5.74) is 0.0461. The maximum atomic E-state index is 12.1. The highest BCUT2D eigenvalue weighted by Gasteiger charge is 2.27. The van der Waals surface area contributed by atoms with E-state index >= 15 is 0 Å². The van der Waals surface area contributed by atoms with Crippen molar-refractivity contribution in [1.82, 2.24) is 15.2 Å². The smallest absolute Gasteiger partial charge is 0.410 e. The minimum atomic E-state index is -0.483. The lowest BCUT2D eigenvalue weighted by Gasteiger charge is -2.33. The van der Waals surface area contributed by atoms with E-state index in [2.05, 4.69) is 26.2 Å². The zero-order chi connectivity index (χ0) is 16.3. The van der Waals surface area contributed by atoms with Gasteiger partial charge in [-0.3, -0.25) is 4.79 Å². The monoisotopic (exact) mass is 371 g/mol. The Morgan fingerprint density at radius 2 is 2.00 bits per heavy atom. The molecule has 1 fully saturated rings. The number of aromatic nitrogens is 1. The van der Waals surface area contributed by atoms with E-state index in [0.29, 0.717) is 18.8 Å². The number of likely N-dealkylation sites (tertiary alicyclic amines) is 1. The molecule has 1 aromatic heterocycles. The molecule has 0 aliphatic carbocycles. The van der Waals surface area contributed by atoms with Gasteiger partial charge in [0.2, 0.25) is 0 Å². The van der Waals surface area contributed by atoms with Gasteiger partial charge in [0.25, 0.3) is 5.91 Å². The van der Waals surface area contributed by atoms with Crippen LogP contribution in [0.3, 0.4) is 0 Å². The van der Waals surface area contributed by atoms with E-state index in [1.165, 1.54) is 0 Å². The lowest BCUT2D eigenvalue weighted by atomic mass is 10.1. The fraction of sp³-hybridized carbons (Fsp3) is 0.600. The first kappa shape index (κ1) is 16.9. The summed E-state index contributed by atoms with van der Waals surface area (Å²) >= 11 is 3.30. The van der Waals surface area contributed by atoms with Crippen LogP contribution in [0.5, 0.6) is 0 Å². The van der Waals surface area contributed by atoms with Gasteiger partial charge in [-0.15, -0.1) is 0 Å². The van der Waals surface area contributed by atoms with E-state index in [9.17, 15) is 9.59 Å². The summed E-state index contributed by atoms with van der Waals surface area (Å²) in [4.78, 5) is 28.6. The fourth-order valence-electron chi connectivity index (χ4n) is 2.30. The van der Waals surface area contributed by atoms with Gasteiger partial charge in [-0.25, -0.2) is 4.79 Å². The van der Waals surface area contributed by atoms with Crippen LogP contribution in [-0.4, -0.2) is 46.6 Å². The number of amides is 2.